The van der Waals surface area contributed by atoms with E-state index in [1.165, 1.54) is 12.1 Å². The van der Waals surface area contributed by atoms with Gasteiger partial charge in [0.25, 0.3) is 0 Å². The van der Waals surface area contributed by atoms with Gasteiger partial charge in [-0.3, -0.25) is 4.98 Å². The summed E-state index contributed by atoms with van der Waals surface area (Å²) in [7, 11) is -7.54. The fraction of sp³-hybridized carbons (Fsp3) is 0.214. The first-order chi connectivity index (χ1) is 10.6. The number of hydrogen-bond acceptors (Lipinski definition) is 5. The predicted molar refractivity (Wildman–Crippen MR) is 87.5 cm³/mol. The molecular weight excluding hydrogens is 360 g/mol. The highest BCUT2D eigenvalue weighted by Gasteiger charge is 2.23. The average Bonchev–Trinajstić information content (AvgIpc) is 2.46. The van der Waals surface area contributed by atoms with Gasteiger partial charge in [-0.1, -0.05) is 17.7 Å². The minimum atomic E-state index is -4.00. The second kappa shape index (κ2) is 6.56. The Hall–Kier alpha value is -1.48. The summed E-state index contributed by atoms with van der Waals surface area (Å²) in [5.74, 6) is 0. The Morgan fingerprint density at radius 3 is 2.43 bits per heavy atom. The molecule has 9 heteroatoms. The largest absolute Gasteiger partial charge is 0.264 e. The van der Waals surface area contributed by atoms with Crippen LogP contribution in [-0.2, 0) is 19.9 Å². The molecule has 1 N–H and O–H groups in total. The normalized spacial score (nSPS) is 13.7. The Morgan fingerprint density at radius 1 is 1.17 bits per heavy atom. The second-order valence-corrected chi connectivity index (χ2v) is 9.10. The quantitative estimate of drug-likeness (QED) is 0.865. The number of nitrogens with one attached hydrogen (secondary N) is 1. The lowest BCUT2D eigenvalue weighted by Gasteiger charge is -2.15. The van der Waals surface area contributed by atoms with Crippen molar-refractivity contribution in [1.82, 2.24) is 9.71 Å². The Balaban J connectivity index is 2.40. The molecule has 1 heterocycles. The minimum absolute atomic E-state index is 0.0525. The zero-order chi connectivity index (χ0) is 17.3. The lowest BCUT2D eigenvalue weighted by Crippen LogP contribution is -2.27. The number of nitrogens with zero attached hydrogens (tertiary/aromatic N) is 1. The van der Waals surface area contributed by atoms with Crippen LogP contribution in [0.2, 0.25) is 5.02 Å². The molecule has 2 rings (SSSR count). The third-order valence-corrected chi connectivity index (χ3v) is 6.27. The number of pyridine rings is 1. The van der Waals surface area contributed by atoms with E-state index < -0.39 is 25.9 Å². The van der Waals surface area contributed by atoms with E-state index in [0.29, 0.717) is 5.56 Å². The Bertz CT molecular complexity index is 913. The molecule has 0 aliphatic heterocycles. The van der Waals surface area contributed by atoms with Crippen LogP contribution in [0.4, 0.5) is 0 Å². The summed E-state index contributed by atoms with van der Waals surface area (Å²) in [5.41, 5.74) is 0.673. The SMILES string of the molecule is CC(NS(=O)(=O)c1cc(S(C)(=O)=O)ccc1Cl)c1cccnc1. The van der Waals surface area contributed by atoms with Crippen LogP contribution in [0.5, 0.6) is 0 Å². The molecule has 23 heavy (non-hydrogen) atoms. The van der Waals surface area contributed by atoms with Crippen LogP contribution >= 0.6 is 11.6 Å². The summed E-state index contributed by atoms with van der Waals surface area (Å²) in [4.78, 5) is 3.54. The fourth-order valence-corrected chi connectivity index (χ4v) is 4.40. The van der Waals surface area contributed by atoms with Gasteiger partial charge < -0.3 is 0 Å². The van der Waals surface area contributed by atoms with Crippen molar-refractivity contribution in [1.29, 1.82) is 0 Å². The highest BCUT2D eigenvalue weighted by molar-refractivity contribution is 7.91. The molecular formula is C14H15ClN2O4S2. The first-order valence-electron chi connectivity index (χ1n) is 6.53. The van der Waals surface area contributed by atoms with Crippen molar-refractivity contribution < 1.29 is 16.8 Å². The summed E-state index contributed by atoms with van der Waals surface area (Å²) in [6.45, 7) is 1.66. The first kappa shape index (κ1) is 17.9. The number of sulfone groups is 1. The van der Waals surface area contributed by atoms with Crippen LogP contribution in [0.1, 0.15) is 18.5 Å². The van der Waals surface area contributed by atoms with E-state index in [9.17, 15) is 16.8 Å². The molecule has 1 aromatic carbocycles. The summed E-state index contributed by atoms with van der Waals surface area (Å²) in [6.07, 6.45) is 4.12. The molecule has 0 saturated carbocycles. The van der Waals surface area contributed by atoms with Crippen molar-refractivity contribution in [2.75, 3.05) is 6.26 Å². The number of benzene rings is 1. The van der Waals surface area contributed by atoms with E-state index in [0.717, 1.165) is 12.3 Å². The van der Waals surface area contributed by atoms with Crippen LogP contribution < -0.4 is 4.72 Å². The molecule has 1 unspecified atom stereocenters. The van der Waals surface area contributed by atoms with Crippen molar-refractivity contribution in [3.05, 3.63) is 53.3 Å². The van der Waals surface area contributed by atoms with Crippen molar-refractivity contribution in [2.45, 2.75) is 22.8 Å². The van der Waals surface area contributed by atoms with Crippen LogP contribution in [0, 0.1) is 0 Å². The van der Waals surface area contributed by atoms with Crippen LogP contribution in [0.25, 0.3) is 0 Å². The van der Waals surface area contributed by atoms with Gasteiger partial charge in [0.2, 0.25) is 10.0 Å². The minimum Gasteiger partial charge on any atom is -0.264 e. The molecule has 0 spiro atoms. The Kier molecular flexibility index (Phi) is 5.10. The van der Waals surface area contributed by atoms with E-state index in [2.05, 4.69) is 9.71 Å². The highest BCUT2D eigenvalue weighted by Crippen LogP contribution is 2.26. The maximum absolute atomic E-state index is 12.5. The highest BCUT2D eigenvalue weighted by atomic mass is 35.5. The molecule has 0 fully saturated rings. The number of halogens is 1. The molecule has 0 aliphatic rings. The van der Waals surface area contributed by atoms with E-state index >= 15 is 0 Å². The monoisotopic (exact) mass is 374 g/mol. The van der Waals surface area contributed by atoms with Gasteiger partial charge in [0.15, 0.2) is 9.84 Å². The average molecular weight is 375 g/mol. The smallest absolute Gasteiger partial charge is 0.242 e. The molecule has 0 saturated heterocycles. The van der Waals surface area contributed by atoms with E-state index in [-0.39, 0.29) is 14.8 Å². The van der Waals surface area contributed by atoms with Crippen molar-refractivity contribution in [3.8, 4) is 0 Å². The number of rotatable bonds is 5. The number of aromatic nitrogens is 1. The zero-order valence-corrected chi connectivity index (χ0v) is 14.8. The molecule has 0 amide bonds. The van der Waals surface area contributed by atoms with Crippen molar-refractivity contribution in [3.63, 3.8) is 0 Å². The van der Waals surface area contributed by atoms with E-state index in [1.807, 2.05) is 0 Å². The predicted octanol–water partition coefficient (Wildman–Crippen LogP) is 2.18. The maximum atomic E-state index is 12.5. The van der Waals surface area contributed by atoms with Crippen molar-refractivity contribution >= 4 is 31.5 Å². The summed E-state index contributed by atoms with van der Waals surface area (Å²) >= 11 is 5.93. The van der Waals surface area contributed by atoms with Gasteiger partial charge in [-0.05, 0) is 36.8 Å². The van der Waals surface area contributed by atoms with Gasteiger partial charge in [0.1, 0.15) is 4.90 Å². The van der Waals surface area contributed by atoms with E-state index in [4.69, 9.17) is 11.6 Å². The van der Waals surface area contributed by atoms with Gasteiger partial charge in [-0.15, -0.1) is 0 Å². The lowest BCUT2D eigenvalue weighted by molar-refractivity contribution is 0.566. The lowest BCUT2D eigenvalue weighted by atomic mass is 10.2. The van der Waals surface area contributed by atoms with Crippen LogP contribution in [-0.4, -0.2) is 28.1 Å². The van der Waals surface area contributed by atoms with Crippen LogP contribution in [0.3, 0.4) is 0 Å². The molecule has 0 radical (unpaired) electrons. The first-order valence-corrected chi connectivity index (χ1v) is 10.3. The van der Waals surface area contributed by atoms with Crippen LogP contribution in [0.15, 0.2) is 52.5 Å². The maximum Gasteiger partial charge on any atom is 0.242 e. The molecule has 2 aromatic rings. The molecule has 0 aliphatic carbocycles. The van der Waals surface area contributed by atoms with E-state index in [1.54, 1.807) is 31.5 Å². The Labute approximate surface area is 140 Å². The Morgan fingerprint density at radius 2 is 1.87 bits per heavy atom. The van der Waals surface area contributed by atoms with Gasteiger partial charge >= 0.3 is 0 Å². The number of sulfonamides is 1. The summed E-state index contributed by atoms with van der Waals surface area (Å²) in [6, 6.07) is 6.44. The van der Waals surface area contributed by atoms with Gasteiger partial charge in [-0.25, -0.2) is 21.6 Å². The fourth-order valence-electron chi connectivity index (χ4n) is 1.92. The summed E-state index contributed by atoms with van der Waals surface area (Å²) < 4.78 is 50.7. The molecule has 124 valence electrons. The third-order valence-electron chi connectivity index (χ3n) is 3.14. The van der Waals surface area contributed by atoms with Gasteiger partial charge in [-0.2, -0.15) is 0 Å². The zero-order valence-electron chi connectivity index (χ0n) is 12.4. The molecule has 0 bridgehead atoms. The third kappa shape index (κ3) is 4.29. The standard InChI is InChI=1S/C14H15ClN2O4S2/c1-10(11-4-3-7-16-9-11)17-23(20,21)14-8-12(22(2,18)19)5-6-13(14)15/h3-10,17H,1-2H3. The molecule has 6 nitrogen and oxygen atoms in total. The number of hydrogen-bond donors (Lipinski definition) is 1. The summed E-state index contributed by atoms with van der Waals surface area (Å²) in [5, 5.41) is -0.0525. The van der Waals surface area contributed by atoms with Gasteiger partial charge in [0.05, 0.1) is 9.92 Å². The molecule has 1 aromatic heterocycles. The van der Waals surface area contributed by atoms with Crippen molar-refractivity contribution in [2.24, 2.45) is 0 Å². The molecule has 1 atom stereocenters. The van der Waals surface area contributed by atoms with Gasteiger partial charge in [0, 0.05) is 24.7 Å². The second-order valence-electron chi connectivity index (χ2n) is 4.99. The topological polar surface area (TPSA) is 93.2 Å².